The molecule has 1 amide bonds. The molecule has 3 aromatic rings. The number of hydrogen-bond acceptors (Lipinski definition) is 5. The van der Waals surface area contributed by atoms with E-state index in [1.165, 1.54) is 16.9 Å². The maximum Gasteiger partial charge on any atom is 0.306 e. The number of thiazole rings is 1. The van der Waals surface area contributed by atoms with Gasteiger partial charge in [0.2, 0.25) is 5.91 Å². The Hall–Kier alpha value is -2.70. The molecule has 144 valence electrons. The maximum atomic E-state index is 12.1. The van der Waals surface area contributed by atoms with Crippen LogP contribution < -0.4 is 5.32 Å². The van der Waals surface area contributed by atoms with E-state index in [1.54, 1.807) is 24.3 Å². The summed E-state index contributed by atoms with van der Waals surface area (Å²) in [6.07, 6.45) is 0.0501. The summed E-state index contributed by atoms with van der Waals surface area (Å²) in [5, 5.41) is 5.75. The average molecular weight is 415 g/mol. The van der Waals surface area contributed by atoms with Crippen LogP contribution in [0.15, 0.2) is 53.9 Å². The highest BCUT2D eigenvalue weighted by Gasteiger charge is 2.11. The minimum Gasteiger partial charge on any atom is -0.461 e. The highest BCUT2D eigenvalue weighted by Crippen LogP contribution is 2.25. The molecule has 7 heteroatoms. The van der Waals surface area contributed by atoms with Crippen LogP contribution in [0.1, 0.15) is 24.0 Å². The number of halogens is 1. The number of nitrogens with one attached hydrogen (secondary N) is 1. The van der Waals surface area contributed by atoms with Crippen molar-refractivity contribution in [3.05, 3.63) is 70.1 Å². The summed E-state index contributed by atoms with van der Waals surface area (Å²) in [5.41, 5.74) is 3.82. The summed E-state index contributed by atoms with van der Waals surface area (Å²) in [7, 11) is 0. The quantitative estimate of drug-likeness (QED) is 0.537. The van der Waals surface area contributed by atoms with Crippen molar-refractivity contribution < 1.29 is 14.3 Å². The fourth-order valence-corrected chi connectivity index (χ4v) is 3.26. The number of rotatable bonds is 7. The number of esters is 1. The van der Waals surface area contributed by atoms with Crippen LogP contribution in [0.25, 0.3) is 11.3 Å². The van der Waals surface area contributed by atoms with Crippen LogP contribution in [0.5, 0.6) is 0 Å². The molecule has 1 N–H and O–H groups in total. The Morgan fingerprint density at radius 2 is 1.79 bits per heavy atom. The number of hydrogen-bond donors (Lipinski definition) is 1. The number of aryl methyl sites for hydroxylation is 1. The summed E-state index contributed by atoms with van der Waals surface area (Å²) in [6.45, 7) is 2.18. The molecular formula is C21H19ClN2O3S. The van der Waals surface area contributed by atoms with E-state index in [9.17, 15) is 9.59 Å². The molecule has 0 saturated carbocycles. The van der Waals surface area contributed by atoms with Crippen LogP contribution >= 0.6 is 22.9 Å². The van der Waals surface area contributed by atoms with Gasteiger partial charge in [0.1, 0.15) is 6.61 Å². The molecule has 0 atom stereocenters. The second-order valence-electron chi connectivity index (χ2n) is 6.24. The third kappa shape index (κ3) is 5.90. The van der Waals surface area contributed by atoms with Gasteiger partial charge in [-0.15, -0.1) is 11.3 Å². The molecule has 28 heavy (non-hydrogen) atoms. The van der Waals surface area contributed by atoms with Crippen molar-refractivity contribution in [2.75, 3.05) is 5.32 Å². The predicted molar refractivity (Wildman–Crippen MR) is 111 cm³/mol. The van der Waals surface area contributed by atoms with Gasteiger partial charge in [-0.05, 0) is 24.6 Å². The number of benzene rings is 2. The molecule has 0 aliphatic rings. The molecule has 5 nitrogen and oxygen atoms in total. The van der Waals surface area contributed by atoms with E-state index in [-0.39, 0.29) is 25.4 Å². The Bertz CT molecular complexity index is 953. The van der Waals surface area contributed by atoms with E-state index in [2.05, 4.69) is 10.3 Å². The second kappa shape index (κ2) is 9.48. The van der Waals surface area contributed by atoms with Gasteiger partial charge >= 0.3 is 5.97 Å². The zero-order chi connectivity index (χ0) is 19.9. The van der Waals surface area contributed by atoms with Gasteiger partial charge in [0, 0.05) is 22.4 Å². The first-order valence-electron chi connectivity index (χ1n) is 8.72. The van der Waals surface area contributed by atoms with Crippen LogP contribution in [-0.2, 0) is 20.9 Å². The number of nitrogens with zero attached hydrogens (tertiary/aromatic N) is 1. The van der Waals surface area contributed by atoms with E-state index >= 15 is 0 Å². The fourth-order valence-electron chi connectivity index (χ4n) is 2.40. The number of carbonyl (C=O) groups is 2. The zero-order valence-corrected chi connectivity index (χ0v) is 16.8. The monoisotopic (exact) mass is 414 g/mol. The summed E-state index contributed by atoms with van der Waals surface area (Å²) in [5.74, 6) is -0.696. The lowest BCUT2D eigenvalue weighted by molar-refractivity contribution is -0.145. The topological polar surface area (TPSA) is 68.3 Å². The van der Waals surface area contributed by atoms with E-state index < -0.39 is 5.97 Å². The highest BCUT2D eigenvalue weighted by molar-refractivity contribution is 7.14. The Kier molecular flexibility index (Phi) is 6.79. The second-order valence-corrected chi connectivity index (χ2v) is 7.53. The lowest BCUT2D eigenvalue weighted by atomic mass is 10.1. The number of aromatic nitrogens is 1. The third-order valence-corrected chi connectivity index (χ3v) is 4.98. The van der Waals surface area contributed by atoms with Gasteiger partial charge < -0.3 is 10.1 Å². The molecule has 2 aromatic carbocycles. The van der Waals surface area contributed by atoms with E-state index in [1.807, 2.05) is 36.6 Å². The normalized spacial score (nSPS) is 10.5. The standard InChI is InChI=1S/C21H19ClN2O3S/c1-14-2-6-16(7-3-14)18-13-28-21(23-18)24-19(25)10-11-20(26)27-12-15-4-8-17(22)9-5-15/h2-9,13H,10-12H2,1H3,(H,23,24,25). The van der Waals surface area contributed by atoms with Crippen LogP contribution in [0, 0.1) is 6.92 Å². The highest BCUT2D eigenvalue weighted by atomic mass is 35.5. The summed E-state index contributed by atoms with van der Waals surface area (Å²) in [4.78, 5) is 28.3. The molecule has 1 aromatic heterocycles. The Labute approximate surface area is 172 Å². The van der Waals surface area contributed by atoms with E-state index in [4.69, 9.17) is 16.3 Å². The number of ether oxygens (including phenoxy) is 1. The largest absolute Gasteiger partial charge is 0.461 e. The predicted octanol–water partition coefficient (Wildman–Crippen LogP) is 5.23. The molecule has 0 aliphatic carbocycles. The first-order chi connectivity index (χ1) is 13.5. The van der Waals surface area contributed by atoms with Crippen molar-refractivity contribution in [1.82, 2.24) is 4.98 Å². The van der Waals surface area contributed by atoms with Gasteiger partial charge in [-0.25, -0.2) is 4.98 Å². The van der Waals surface area contributed by atoms with Crippen LogP contribution in [0.4, 0.5) is 5.13 Å². The summed E-state index contributed by atoms with van der Waals surface area (Å²) < 4.78 is 5.17. The van der Waals surface area contributed by atoms with Crippen molar-refractivity contribution in [3.8, 4) is 11.3 Å². The van der Waals surface area contributed by atoms with Crippen molar-refractivity contribution in [3.63, 3.8) is 0 Å². The summed E-state index contributed by atoms with van der Waals surface area (Å²) >= 11 is 7.16. The Morgan fingerprint density at radius 1 is 1.07 bits per heavy atom. The van der Waals surface area contributed by atoms with Crippen molar-refractivity contribution >= 4 is 39.9 Å². The first-order valence-corrected chi connectivity index (χ1v) is 9.98. The van der Waals surface area contributed by atoms with Crippen molar-refractivity contribution in [2.24, 2.45) is 0 Å². The fraction of sp³-hybridized carbons (Fsp3) is 0.190. The van der Waals surface area contributed by atoms with Gasteiger partial charge in [0.15, 0.2) is 5.13 Å². The average Bonchev–Trinajstić information content (AvgIpc) is 3.15. The molecule has 0 aliphatic heterocycles. The SMILES string of the molecule is Cc1ccc(-c2csc(NC(=O)CCC(=O)OCc3ccc(Cl)cc3)n2)cc1. The molecule has 0 saturated heterocycles. The maximum absolute atomic E-state index is 12.1. The molecule has 0 fully saturated rings. The molecular weight excluding hydrogens is 396 g/mol. The lowest BCUT2D eigenvalue weighted by Gasteiger charge is -2.05. The van der Waals surface area contributed by atoms with Crippen LogP contribution in [0.3, 0.4) is 0 Å². The van der Waals surface area contributed by atoms with Crippen molar-refractivity contribution in [1.29, 1.82) is 0 Å². The molecule has 0 unspecified atom stereocenters. The van der Waals surface area contributed by atoms with Crippen molar-refractivity contribution in [2.45, 2.75) is 26.4 Å². The Morgan fingerprint density at radius 3 is 2.50 bits per heavy atom. The van der Waals surface area contributed by atoms with Gasteiger partial charge in [0.25, 0.3) is 0 Å². The number of amides is 1. The number of anilines is 1. The number of carbonyl (C=O) groups excluding carboxylic acids is 2. The smallest absolute Gasteiger partial charge is 0.306 e. The molecule has 0 bridgehead atoms. The van der Waals surface area contributed by atoms with Gasteiger partial charge in [-0.2, -0.15) is 0 Å². The van der Waals surface area contributed by atoms with Gasteiger partial charge in [-0.1, -0.05) is 53.6 Å². The van der Waals surface area contributed by atoms with E-state index in [0.29, 0.717) is 10.2 Å². The summed E-state index contributed by atoms with van der Waals surface area (Å²) in [6, 6.07) is 15.1. The molecule has 1 heterocycles. The molecule has 0 radical (unpaired) electrons. The third-order valence-electron chi connectivity index (χ3n) is 3.97. The minimum atomic E-state index is -0.426. The first kappa shape index (κ1) is 20.0. The molecule has 0 spiro atoms. The Balaban J connectivity index is 1.43. The minimum absolute atomic E-state index is 0.00954. The van der Waals surface area contributed by atoms with Crippen LogP contribution in [0.2, 0.25) is 5.02 Å². The van der Waals surface area contributed by atoms with E-state index in [0.717, 1.165) is 16.8 Å². The van der Waals surface area contributed by atoms with Crippen LogP contribution in [-0.4, -0.2) is 16.9 Å². The zero-order valence-electron chi connectivity index (χ0n) is 15.3. The molecule has 3 rings (SSSR count). The lowest BCUT2D eigenvalue weighted by Crippen LogP contribution is -2.14. The van der Waals surface area contributed by atoms with Gasteiger partial charge in [0.05, 0.1) is 12.1 Å². The van der Waals surface area contributed by atoms with Gasteiger partial charge in [-0.3, -0.25) is 9.59 Å².